The number of carbonyl (C=O) groups excluding carboxylic acids is 1. The molecule has 1 aliphatic carbocycles. The fraction of sp³-hybridized carbons (Fsp3) is 0.600. The summed E-state index contributed by atoms with van der Waals surface area (Å²) in [6.07, 6.45) is 7.59. The monoisotopic (exact) mass is 341 g/mol. The number of fused-ring (bicyclic) bond motifs is 1. The number of nitrogens with one attached hydrogen (secondary N) is 1. The predicted octanol–water partition coefficient (Wildman–Crippen LogP) is 3.34. The molecule has 1 aliphatic heterocycles. The van der Waals surface area contributed by atoms with Gasteiger partial charge in [-0.25, -0.2) is 4.98 Å². The number of amides is 1. The Kier molecular flexibility index (Phi) is 4.50. The van der Waals surface area contributed by atoms with Gasteiger partial charge in [0.15, 0.2) is 0 Å². The SMILES string of the molecule is Cc1nc2ccccc2n1CCC(=O)N[C@H]1COC2(CCCCC2)C1. The lowest BCUT2D eigenvalue weighted by Gasteiger charge is -2.32. The number of carbonyl (C=O) groups is 1. The van der Waals surface area contributed by atoms with Crippen LogP contribution in [0.1, 0.15) is 50.8 Å². The van der Waals surface area contributed by atoms with Gasteiger partial charge in [-0.2, -0.15) is 0 Å². The first-order valence-electron chi connectivity index (χ1n) is 9.50. The highest BCUT2D eigenvalue weighted by atomic mass is 16.5. The van der Waals surface area contributed by atoms with Crippen molar-refractivity contribution in [2.45, 2.75) is 70.1 Å². The summed E-state index contributed by atoms with van der Waals surface area (Å²) in [6, 6.07) is 8.25. The third kappa shape index (κ3) is 3.43. The molecule has 1 saturated carbocycles. The third-order valence-corrected chi connectivity index (χ3v) is 5.75. The van der Waals surface area contributed by atoms with Crippen LogP contribution >= 0.6 is 0 Å². The van der Waals surface area contributed by atoms with E-state index in [2.05, 4.69) is 20.9 Å². The summed E-state index contributed by atoms with van der Waals surface area (Å²) in [7, 11) is 0. The van der Waals surface area contributed by atoms with Crippen molar-refractivity contribution in [3.05, 3.63) is 30.1 Å². The zero-order valence-corrected chi connectivity index (χ0v) is 15.0. The summed E-state index contributed by atoms with van der Waals surface area (Å²) in [5.41, 5.74) is 2.13. The van der Waals surface area contributed by atoms with Crippen LogP contribution in [0.2, 0.25) is 0 Å². The van der Waals surface area contributed by atoms with E-state index in [1.54, 1.807) is 0 Å². The van der Waals surface area contributed by atoms with Gasteiger partial charge in [0.05, 0.1) is 29.3 Å². The summed E-state index contributed by atoms with van der Waals surface area (Å²) in [5.74, 6) is 1.07. The number of para-hydroxylation sites is 2. The maximum absolute atomic E-state index is 12.4. The Morgan fingerprint density at radius 3 is 2.96 bits per heavy atom. The van der Waals surface area contributed by atoms with Gasteiger partial charge in [-0.3, -0.25) is 4.79 Å². The lowest BCUT2D eigenvalue weighted by molar-refractivity contribution is -0.122. The molecule has 1 amide bonds. The Bertz CT molecular complexity index is 761. The molecule has 0 unspecified atom stereocenters. The van der Waals surface area contributed by atoms with Crippen LogP contribution in [0.5, 0.6) is 0 Å². The van der Waals surface area contributed by atoms with E-state index in [1.165, 1.54) is 19.3 Å². The standard InChI is InChI=1S/C20H27N3O2/c1-15-21-17-7-3-4-8-18(17)23(15)12-9-19(24)22-16-13-20(25-14-16)10-5-2-6-11-20/h3-4,7-8,16H,2,5-6,9-14H2,1H3,(H,22,24)/t16-/m1/s1. The van der Waals surface area contributed by atoms with Crippen LogP contribution in [0.25, 0.3) is 11.0 Å². The summed E-state index contributed by atoms with van der Waals surface area (Å²) in [5, 5.41) is 3.18. The molecule has 25 heavy (non-hydrogen) atoms. The van der Waals surface area contributed by atoms with Gasteiger partial charge < -0.3 is 14.6 Å². The van der Waals surface area contributed by atoms with Gasteiger partial charge in [-0.1, -0.05) is 31.4 Å². The van der Waals surface area contributed by atoms with Gasteiger partial charge in [0.1, 0.15) is 5.82 Å². The minimum atomic E-state index is 0.0489. The Morgan fingerprint density at radius 2 is 2.12 bits per heavy atom. The Balaban J connectivity index is 1.33. The Labute approximate surface area is 148 Å². The molecule has 5 heteroatoms. The number of aryl methyl sites for hydroxylation is 2. The topological polar surface area (TPSA) is 56.2 Å². The molecule has 2 heterocycles. The van der Waals surface area contributed by atoms with E-state index in [4.69, 9.17) is 4.74 Å². The zero-order chi connectivity index (χ0) is 17.3. The van der Waals surface area contributed by atoms with E-state index in [0.717, 1.165) is 36.1 Å². The second-order valence-electron chi connectivity index (χ2n) is 7.57. The highest BCUT2D eigenvalue weighted by Crippen LogP contribution is 2.39. The van der Waals surface area contributed by atoms with Crippen LogP contribution in [-0.4, -0.2) is 33.7 Å². The molecule has 2 aromatic rings. The van der Waals surface area contributed by atoms with Crippen LogP contribution in [-0.2, 0) is 16.1 Å². The van der Waals surface area contributed by atoms with Gasteiger partial charge in [-0.15, -0.1) is 0 Å². The van der Waals surface area contributed by atoms with Crippen molar-refractivity contribution in [3.63, 3.8) is 0 Å². The molecule has 1 N–H and O–H groups in total. The molecule has 4 rings (SSSR count). The highest BCUT2D eigenvalue weighted by Gasteiger charge is 2.41. The quantitative estimate of drug-likeness (QED) is 0.928. The second-order valence-corrected chi connectivity index (χ2v) is 7.57. The zero-order valence-electron chi connectivity index (χ0n) is 15.0. The van der Waals surface area contributed by atoms with Gasteiger partial charge in [0.2, 0.25) is 5.91 Å². The van der Waals surface area contributed by atoms with Gasteiger partial charge in [0.25, 0.3) is 0 Å². The summed E-state index contributed by atoms with van der Waals surface area (Å²) in [6.45, 7) is 3.32. The van der Waals surface area contributed by atoms with Crippen molar-refractivity contribution in [3.8, 4) is 0 Å². The molecule has 1 atom stereocenters. The smallest absolute Gasteiger partial charge is 0.222 e. The number of ether oxygens (including phenoxy) is 1. The highest BCUT2D eigenvalue weighted by molar-refractivity contribution is 5.78. The molecule has 134 valence electrons. The molecule has 1 aromatic heterocycles. The predicted molar refractivity (Wildman–Crippen MR) is 97.4 cm³/mol. The molecule has 2 aliphatic rings. The lowest BCUT2D eigenvalue weighted by Crippen LogP contribution is -2.37. The maximum Gasteiger partial charge on any atom is 0.222 e. The molecule has 0 radical (unpaired) electrons. The molecule has 2 fully saturated rings. The maximum atomic E-state index is 12.4. The fourth-order valence-corrected chi connectivity index (χ4v) is 4.47. The van der Waals surface area contributed by atoms with Crippen LogP contribution in [0.4, 0.5) is 0 Å². The molecule has 1 saturated heterocycles. The van der Waals surface area contributed by atoms with E-state index in [0.29, 0.717) is 19.6 Å². The normalized spacial score (nSPS) is 22.5. The number of aromatic nitrogens is 2. The first kappa shape index (κ1) is 16.6. The average molecular weight is 341 g/mol. The summed E-state index contributed by atoms with van der Waals surface area (Å²) in [4.78, 5) is 17.0. The van der Waals surface area contributed by atoms with Crippen LogP contribution in [0, 0.1) is 6.92 Å². The van der Waals surface area contributed by atoms with Crippen molar-refractivity contribution in [2.75, 3.05) is 6.61 Å². The first-order chi connectivity index (χ1) is 12.2. The molecular weight excluding hydrogens is 314 g/mol. The number of benzene rings is 1. The number of hydrogen-bond donors (Lipinski definition) is 1. The average Bonchev–Trinajstić information content (AvgIpc) is 3.14. The van der Waals surface area contributed by atoms with Gasteiger partial charge in [-0.05, 0) is 38.3 Å². The van der Waals surface area contributed by atoms with E-state index in [-0.39, 0.29) is 17.6 Å². The van der Waals surface area contributed by atoms with E-state index in [9.17, 15) is 4.79 Å². The number of nitrogens with zero attached hydrogens (tertiary/aromatic N) is 2. The largest absolute Gasteiger partial charge is 0.373 e. The minimum Gasteiger partial charge on any atom is -0.373 e. The number of rotatable bonds is 4. The van der Waals surface area contributed by atoms with Crippen molar-refractivity contribution in [1.82, 2.24) is 14.9 Å². The van der Waals surface area contributed by atoms with Crippen molar-refractivity contribution < 1.29 is 9.53 Å². The molecule has 0 bridgehead atoms. The van der Waals surface area contributed by atoms with Crippen molar-refractivity contribution in [1.29, 1.82) is 0 Å². The summed E-state index contributed by atoms with van der Waals surface area (Å²) < 4.78 is 8.22. The lowest BCUT2D eigenvalue weighted by atomic mass is 9.82. The molecule has 5 nitrogen and oxygen atoms in total. The van der Waals surface area contributed by atoms with Crippen molar-refractivity contribution in [2.24, 2.45) is 0 Å². The van der Waals surface area contributed by atoms with Gasteiger partial charge in [0, 0.05) is 13.0 Å². The van der Waals surface area contributed by atoms with E-state index in [1.807, 2.05) is 25.1 Å². The second kappa shape index (κ2) is 6.79. The number of imidazole rings is 1. The third-order valence-electron chi connectivity index (χ3n) is 5.75. The fourth-order valence-electron chi connectivity index (χ4n) is 4.47. The van der Waals surface area contributed by atoms with Crippen LogP contribution < -0.4 is 5.32 Å². The summed E-state index contributed by atoms with van der Waals surface area (Å²) >= 11 is 0. The first-order valence-corrected chi connectivity index (χ1v) is 9.50. The van der Waals surface area contributed by atoms with E-state index >= 15 is 0 Å². The van der Waals surface area contributed by atoms with Crippen LogP contribution in [0.3, 0.4) is 0 Å². The van der Waals surface area contributed by atoms with Gasteiger partial charge >= 0.3 is 0 Å². The molecular formula is C20H27N3O2. The molecule has 1 aromatic carbocycles. The number of hydrogen-bond acceptors (Lipinski definition) is 3. The Hall–Kier alpha value is -1.88. The minimum absolute atomic E-state index is 0.0489. The van der Waals surface area contributed by atoms with E-state index < -0.39 is 0 Å². The Morgan fingerprint density at radius 1 is 1.32 bits per heavy atom. The molecule has 1 spiro atoms. The van der Waals surface area contributed by atoms with Crippen molar-refractivity contribution >= 4 is 16.9 Å². The van der Waals surface area contributed by atoms with Crippen LogP contribution in [0.15, 0.2) is 24.3 Å².